The molecule has 3 heterocycles. The molecule has 0 unspecified atom stereocenters. The molecular formula is C16H24N4O3S. The highest BCUT2D eigenvalue weighted by molar-refractivity contribution is 7.89. The summed E-state index contributed by atoms with van der Waals surface area (Å²) in [5.74, 6) is 0.922. The van der Waals surface area contributed by atoms with Crippen LogP contribution in [-0.4, -0.2) is 68.3 Å². The van der Waals surface area contributed by atoms with E-state index >= 15 is 0 Å². The summed E-state index contributed by atoms with van der Waals surface area (Å²) < 4.78 is 26.5. The summed E-state index contributed by atoms with van der Waals surface area (Å²) in [7, 11) is -1.51. The van der Waals surface area contributed by atoms with E-state index in [1.165, 1.54) is 10.5 Å². The van der Waals surface area contributed by atoms with Gasteiger partial charge in [0, 0.05) is 52.4 Å². The first-order chi connectivity index (χ1) is 11.5. The van der Waals surface area contributed by atoms with Gasteiger partial charge in [-0.2, -0.15) is 4.31 Å². The molecule has 0 bridgehead atoms. The maximum atomic E-state index is 12.5. The van der Waals surface area contributed by atoms with Gasteiger partial charge in [-0.05, 0) is 31.4 Å². The molecule has 0 N–H and O–H groups in total. The number of nitrogens with zero attached hydrogens (tertiary/aromatic N) is 4. The summed E-state index contributed by atoms with van der Waals surface area (Å²) in [6, 6.07) is 3.35. The molecule has 0 saturated carbocycles. The van der Waals surface area contributed by atoms with Gasteiger partial charge in [-0.1, -0.05) is 0 Å². The molecule has 0 atom stereocenters. The van der Waals surface area contributed by atoms with E-state index in [0.29, 0.717) is 38.4 Å². The molecule has 7 nitrogen and oxygen atoms in total. The van der Waals surface area contributed by atoms with E-state index in [1.54, 1.807) is 12.1 Å². The number of hydrogen-bond donors (Lipinski definition) is 0. The van der Waals surface area contributed by atoms with Crippen LogP contribution in [-0.2, 0) is 14.8 Å². The molecule has 0 aliphatic carbocycles. The van der Waals surface area contributed by atoms with Gasteiger partial charge in [-0.3, -0.25) is 4.79 Å². The third-order valence-corrected chi connectivity index (χ3v) is 6.57. The molecule has 2 fully saturated rings. The molecular weight excluding hydrogens is 328 g/mol. The lowest BCUT2D eigenvalue weighted by Gasteiger charge is -2.23. The Kier molecular flexibility index (Phi) is 5.05. The van der Waals surface area contributed by atoms with E-state index in [-0.39, 0.29) is 10.8 Å². The molecule has 8 heteroatoms. The minimum Gasteiger partial charge on any atom is -0.358 e. The van der Waals surface area contributed by atoms with E-state index in [0.717, 1.165) is 25.8 Å². The normalized spacial score (nSPS) is 19.2. The van der Waals surface area contributed by atoms with Crippen LogP contribution in [0.3, 0.4) is 0 Å². The van der Waals surface area contributed by atoms with E-state index in [2.05, 4.69) is 4.98 Å². The van der Waals surface area contributed by atoms with Crippen LogP contribution in [0.5, 0.6) is 0 Å². The molecule has 132 valence electrons. The van der Waals surface area contributed by atoms with Crippen molar-refractivity contribution in [2.75, 3.05) is 44.7 Å². The van der Waals surface area contributed by atoms with Gasteiger partial charge in [0.2, 0.25) is 15.9 Å². The van der Waals surface area contributed by atoms with Crippen LogP contribution in [0.15, 0.2) is 23.2 Å². The summed E-state index contributed by atoms with van der Waals surface area (Å²) in [4.78, 5) is 20.0. The van der Waals surface area contributed by atoms with Gasteiger partial charge in [-0.15, -0.1) is 0 Å². The van der Waals surface area contributed by atoms with Crippen molar-refractivity contribution in [3.05, 3.63) is 18.3 Å². The van der Waals surface area contributed by atoms with Crippen LogP contribution < -0.4 is 4.90 Å². The quantitative estimate of drug-likeness (QED) is 0.761. The number of hydrogen-bond acceptors (Lipinski definition) is 5. The van der Waals surface area contributed by atoms with E-state index in [1.807, 2.05) is 16.8 Å². The second-order valence-corrected chi connectivity index (χ2v) is 8.31. The fraction of sp³-hybridized carbons (Fsp3) is 0.625. The number of anilines is 1. The maximum Gasteiger partial charge on any atom is 0.244 e. The summed E-state index contributed by atoms with van der Waals surface area (Å²) in [6.45, 7) is 3.36. The Labute approximate surface area is 143 Å². The molecule has 3 rings (SSSR count). The number of pyridine rings is 1. The van der Waals surface area contributed by atoms with E-state index in [4.69, 9.17) is 0 Å². The molecule has 1 aromatic heterocycles. The first-order valence-corrected chi connectivity index (χ1v) is 9.87. The minimum absolute atomic E-state index is 0.211. The second kappa shape index (κ2) is 7.06. The molecule has 2 aliphatic heterocycles. The van der Waals surface area contributed by atoms with Crippen LogP contribution in [0.2, 0.25) is 0 Å². The third kappa shape index (κ3) is 3.54. The first kappa shape index (κ1) is 17.2. The Hall–Kier alpha value is -1.67. The molecule has 2 saturated heterocycles. The summed E-state index contributed by atoms with van der Waals surface area (Å²) in [6.07, 6.45) is 4.85. The molecule has 24 heavy (non-hydrogen) atoms. The van der Waals surface area contributed by atoms with Crippen LogP contribution >= 0.6 is 0 Å². The predicted octanol–water partition coefficient (Wildman–Crippen LogP) is 0.925. The summed E-state index contributed by atoms with van der Waals surface area (Å²) in [5, 5.41) is 0. The van der Waals surface area contributed by atoms with Gasteiger partial charge >= 0.3 is 0 Å². The molecule has 1 amide bonds. The topological polar surface area (TPSA) is 73.8 Å². The van der Waals surface area contributed by atoms with Crippen LogP contribution in [0.25, 0.3) is 0 Å². The predicted molar refractivity (Wildman–Crippen MR) is 91.3 cm³/mol. The highest BCUT2D eigenvalue weighted by Crippen LogP contribution is 2.21. The SMILES string of the molecule is CN(CCN1CCCC1=O)c1ccc(S(=O)(=O)N2CCCC2)cn1. The molecule has 0 spiro atoms. The smallest absolute Gasteiger partial charge is 0.244 e. The zero-order valence-corrected chi connectivity index (χ0v) is 14.8. The van der Waals surface area contributed by atoms with Crippen molar-refractivity contribution >= 4 is 21.7 Å². The van der Waals surface area contributed by atoms with Crippen molar-refractivity contribution < 1.29 is 13.2 Å². The molecule has 0 radical (unpaired) electrons. The van der Waals surface area contributed by atoms with Crippen LogP contribution in [0.1, 0.15) is 25.7 Å². The fourth-order valence-corrected chi connectivity index (χ4v) is 4.62. The summed E-state index contributed by atoms with van der Waals surface area (Å²) in [5.41, 5.74) is 0. The van der Waals surface area contributed by atoms with Crippen LogP contribution in [0, 0.1) is 0 Å². The highest BCUT2D eigenvalue weighted by atomic mass is 32.2. The van der Waals surface area contributed by atoms with Gasteiger partial charge in [0.05, 0.1) is 0 Å². The Bertz CT molecular complexity index is 684. The zero-order valence-electron chi connectivity index (χ0n) is 14.0. The number of sulfonamides is 1. The van der Waals surface area contributed by atoms with Gasteiger partial charge in [0.25, 0.3) is 0 Å². The van der Waals surface area contributed by atoms with Gasteiger partial charge in [-0.25, -0.2) is 13.4 Å². The number of likely N-dealkylation sites (tertiary alicyclic amines) is 1. The lowest BCUT2D eigenvalue weighted by Crippen LogP contribution is -2.34. The van der Waals surface area contributed by atoms with Crippen molar-refractivity contribution in [3.63, 3.8) is 0 Å². The minimum atomic E-state index is -3.41. The Morgan fingerprint density at radius 1 is 1.17 bits per heavy atom. The van der Waals surface area contributed by atoms with Crippen LogP contribution in [0.4, 0.5) is 5.82 Å². The maximum absolute atomic E-state index is 12.5. The number of likely N-dealkylation sites (N-methyl/N-ethyl adjacent to an activating group) is 1. The van der Waals surface area contributed by atoms with Gasteiger partial charge in [0.15, 0.2) is 0 Å². The number of aromatic nitrogens is 1. The van der Waals surface area contributed by atoms with E-state index < -0.39 is 10.0 Å². The lowest BCUT2D eigenvalue weighted by molar-refractivity contribution is -0.127. The van der Waals surface area contributed by atoms with Crippen molar-refractivity contribution in [1.29, 1.82) is 0 Å². The number of carbonyl (C=O) groups excluding carboxylic acids is 1. The first-order valence-electron chi connectivity index (χ1n) is 8.43. The zero-order chi connectivity index (χ0) is 17.2. The Balaban J connectivity index is 1.62. The van der Waals surface area contributed by atoms with E-state index in [9.17, 15) is 13.2 Å². The molecule has 1 aromatic rings. The van der Waals surface area contributed by atoms with Crippen molar-refractivity contribution in [2.45, 2.75) is 30.6 Å². The fourth-order valence-electron chi connectivity index (χ4n) is 3.15. The lowest BCUT2D eigenvalue weighted by atomic mass is 10.4. The van der Waals surface area contributed by atoms with Gasteiger partial charge in [0.1, 0.15) is 10.7 Å². The van der Waals surface area contributed by atoms with Crippen molar-refractivity contribution in [2.24, 2.45) is 0 Å². The van der Waals surface area contributed by atoms with Crippen molar-refractivity contribution in [1.82, 2.24) is 14.2 Å². The van der Waals surface area contributed by atoms with Gasteiger partial charge < -0.3 is 9.80 Å². The number of carbonyl (C=O) groups is 1. The second-order valence-electron chi connectivity index (χ2n) is 6.37. The standard InChI is InChI=1S/C16H24N4O3S/c1-18(11-12-19-8-4-5-16(19)21)15-7-6-14(13-17-15)24(22,23)20-9-2-3-10-20/h6-7,13H,2-5,8-12H2,1H3. The summed E-state index contributed by atoms with van der Waals surface area (Å²) >= 11 is 0. The largest absolute Gasteiger partial charge is 0.358 e. The Morgan fingerprint density at radius 3 is 2.50 bits per heavy atom. The molecule has 2 aliphatic rings. The highest BCUT2D eigenvalue weighted by Gasteiger charge is 2.27. The van der Waals surface area contributed by atoms with Crippen molar-refractivity contribution in [3.8, 4) is 0 Å². The average molecular weight is 352 g/mol. The average Bonchev–Trinajstić information content (AvgIpc) is 3.25. The monoisotopic (exact) mass is 352 g/mol. The number of rotatable bonds is 6. The Morgan fingerprint density at radius 2 is 1.92 bits per heavy atom. The third-order valence-electron chi connectivity index (χ3n) is 4.69. The molecule has 0 aromatic carbocycles. The number of amides is 1.